The molecule has 0 bridgehead atoms. The third-order valence-corrected chi connectivity index (χ3v) is 5.35. The van der Waals surface area contributed by atoms with Crippen molar-refractivity contribution in [2.24, 2.45) is 0 Å². The first-order valence-corrected chi connectivity index (χ1v) is 8.56. The van der Waals surface area contributed by atoms with Crippen molar-refractivity contribution in [3.63, 3.8) is 0 Å². The molecule has 1 aliphatic carbocycles. The monoisotopic (exact) mass is 313 g/mol. The van der Waals surface area contributed by atoms with E-state index in [0.29, 0.717) is 18.9 Å². The van der Waals surface area contributed by atoms with Gasteiger partial charge in [0, 0.05) is 17.5 Å². The zero-order valence-electron chi connectivity index (χ0n) is 13.9. The minimum atomic E-state index is -0.392. The molecule has 1 aromatic heterocycles. The summed E-state index contributed by atoms with van der Waals surface area (Å²) in [5.41, 5.74) is 2.47. The lowest BCUT2D eigenvalue weighted by Gasteiger charge is -2.39. The Balaban J connectivity index is 1.72. The van der Waals surface area contributed by atoms with Crippen molar-refractivity contribution in [3.8, 4) is 0 Å². The summed E-state index contributed by atoms with van der Waals surface area (Å²) in [4.78, 5) is 15.1. The Morgan fingerprint density at radius 3 is 2.74 bits per heavy atom. The number of amides is 1. The fourth-order valence-electron chi connectivity index (χ4n) is 4.07. The van der Waals surface area contributed by atoms with Crippen LogP contribution in [0, 0.1) is 13.8 Å². The molecule has 0 radical (unpaired) electrons. The molecule has 2 aromatic rings. The second kappa shape index (κ2) is 5.38. The van der Waals surface area contributed by atoms with Gasteiger partial charge in [-0.1, -0.05) is 18.6 Å². The molecular formula is C19H23NO3. The fraction of sp³-hybridized carbons (Fsp3) is 0.526. The first-order valence-electron chi connectivity index (χ1n) is 8.56. The minimum Gasteiger partial charge on any atom is -0.451 e. The number of hydrogen-bond donors (Lipinski definition) is 0. The molecule has 4 nitrogen and oxygen atoms in total. The molecule has 1 amide bonds. The highest BCUT2D eigenvalue weighted by molar-refractivity contribution is 5.99. The summed E-state index contributed by atoms with van der Waals surface area (Å²) in [6.45, 7) is 5.29. The molecule has 122 valence electrons. The Morgan fingerprint density at radius 2 is 1.96 bits per heavy atom. The zero-order valence-corrected chi connectivity index (χ0v) is 13.9. The van der Waals surface area contributed by atoms with Crippen LogP contribution in [0.2, 0.25) is 0 Å². The summed E-state index contributed by atoms with van der Waals surface area (Å²) in [7, 11) is 0. The third kappa shape index (κ3) is 2.27. The second-order valence-electron chi connectivity index (χ2n) is 6.87. The molecule has 0 unspecified atom stereocenters. The van der Waals surface area contributed by atoms with Gasteiger partial charge in [-0.25, -0.2) is 0 Å². The average Bonchev–Trinajstić information content (AvgIpc) is 3.09. The predicted molar refractivity (Wildman–Crippen MR) is 88.5 cm³/mol. The van der Waals surface area contributed by atoms with Gasteiger partial charge >= 0.3 is 0 Å². The topological polar surface area (TPSA) is 42.7 Å². The van der Waals surface area contributed by atoms with Gasteiger partial charge in [0.25, 0.3) is 5.91 Å². The van der Waals surface area contributed by atoms with E-state index < -0.39 is 5.72 Å². The van der Waals surface area contributed by atoms with Crippen LogP contribution < -0.4 is 0 Å². The minimum absolute atomic E-state index is 0.0178. The molecule has 2 heterocycles. The van der Waals surface area contributed by atoms with Crippen LogP contribution >= 0.6 is 0 Å². The van der Waals surface area contributed by atoms with E-state index in [-0.39, 0.29) is 5.91 Å². The maximum Gasteiger partial charge on any atom is 0.292 e. The van der Waals surface area contributed by atoms with Crippen molar-refractivity contribution in [1.82, 2.24) is 4.90 Å². The molecule has 0 atom stereocenters. The number of nitrogens with zero attached hydrogens (tertiary/aromatic N) is 1. The molecule has 4 heteroatoms. The van der Waals surface area contributed by atoms with E-state index in [1.54, 1.807) is 0 Å². The predicted octanol–water partition coefficient (Wildman–Crippen LogP) is 4.18. The third-order valence-electron chi connectivity index (χ3n) is 5.35. The van der Waals surface area contributed by atoms with Crippen LogP contribution in [0.15, 0.2) is 22.6 Å². The number of carbonyl (C=O) groups excluding carboxylic acids is 1. The van der Waals surface area contributed by atoms with Gasteiger partial charge in [-0.15, -0.1) is 0 Å². The standard InChI is InChI=1S/C19H23NO3/c1-13-6-7-15-14(2)17(23-16(15)12-13)18(21)20-10-11-22-19(20)8-4-3-5-9-19/h6-7,12H,3-5,8-11H2,1-2H3. The molecule has 1 aliphatic heterocycles. The van der Waals surface area contributed by atoms with Crippen molar-refractivity contribution in [2.45, 2.75) is 51.7 Å². The number of hydrogen-bond acceptors (Lipinski definition) is 3. The van der Waals surface area contributed by atoms with Crippen molar-refractivity contribution < 1.29 is 13.9 Å². The summed E-state index contributed by atoms with van der Waals surface area (Å²) < 4.78 is 12.0. The van der Waals surface area contributed by atoms with Crippen molar-refractivity contribution in [3.05, 3.63) is 35.1 Å². The first kappa shape index (κ1) is 14.8. The number of carbonyl (C=O) groups is 1. The fourth-order valence-corrected chi connectivity index (χ4v) is 4.07. The maximum atomic E-state index is 13.1. The molecule has 0 N–H and O–H groups in total. The number of aryl methyl sites for hydroxylation is 2. The van der Waals surface area contributed by atoms with E-state index in [0.717, 1.165) is 47.8 Å². The largest absolute Gasteiger partial charge is 0.451 e. The number of furan rings is 1. The molecule has 23 heavy (non-hydrogen) atoms. The molecule has 4 rings (SSSR count). The van der Waals surface area contributed by atoms with E-state index in [1.807, 2.05) is 30.9 Å². The van der Waals surface area contributed by atoms with Crippen molar-refractivity contribution in [2.75, 3.05) is 13.2 Å². The molecular weight excluding hydrogens is 290 g/mol. The molecule has 1 spiro atoms. The Hall–Kier alpha value is -1.81. The maximum absolute atomic E-state index is 13.1. The SMILES string of the molecule is Cc1ccc2c(C)c(C(=O)N3CCOC34CCCCC4)oc2c1. The zero-order chi connectivity index (χ0) is 16.0. The van der Waals surface area contributed by atoms with Gasteiger partial charge in [0.05, 0.1) is 6.61 Å². The lowest BCUT2D eigenvalue weighted by atomic mass is 9.90. The van der Waals surface area contributed by atoms with Crippen LogP contribution in [0.4, 0.5) is 0 Å². The summed E-state index contributed by atoms with van der Waals surface area (Å²) in [6, 6.07) is 6.09. The highest BCUT2D eigenvalue weighted by Crippen LogP contribution is 2.39. The van der Waals surface area contributed by atoms with E-state index in [4.69, 9.17) is 9.15 Å². The summed E-state index contributed by atoms with van der Waals surface area (Å²) in [6.07, 6.45) is 5.37. The van der Waals surface area contributed by atoms with Crippen molar-refractivity contribution in [1.29, 1.82) is 0 Å². The van der Waals surface area contributed by atoms with Crippen LogP contribution in [0.25, 0.3) is 11.0 Å². The van der Waals surface area contributed by atoms with Gasteiger partial charge in [-0.3, -0.25) is 4.79 Å². The van der Waals surface area contributed by atoms with Crippen LogP contribution in [-0.2, 0) is 4.74 Å². The van der Waals surface area contributed by atoms with Gasteiger partial charge in [-0.05, 0) is 51.2 Å². The molecule has 2 fully saturated rings. The van der Waals surface area contributed by atoms with Gasteiger partial charge in [-0.2, -0.15) is 0 Å². The highest BCUT2D eigenvalue weighted by atomic mass is 16.5. The van der Waals surface area contributed by atoms with E-state index in [2.05, 4.69) is 6.07 Å². The van der Waals surface area contributed by atoms with Gasteiger partial charge < -0.3 is 14.1 Å². The number of ether oxygens (including phenoxy) is 1. The normalized spacial score (nSPS) is 20.5. The van der Waals surface area contributed by atoms with E-state index in [1.165, 1.54) is 6.42 Å². The van der Waals surface area contributed by atoms with Crippen molar-refractivity contribution >= 4 is 16.9 Å². The van der Waals surface area contributed by atoms with E-state index >= 15 is 0 Å². The lowest BCUT2D eigenvalue weighted by molar-refractivity contribution is -0.0925. The van der Waals surface area contributed by atoms with Crippen LogP contribution in [-0.4, -0.2) is 29.7 Å². The number of rotatable bonds is 1. The summed E-state index contributed by atoms with van der Waals surface area (Å²) >= 11 is 0. The highest BCUT2D eigenvalue weighted by Gasteiger charge is 2.46. The number of benzene rings is 1. The Morgan fingerprint density at radius 1 is 1.17 bits per heavy atom. The number of fused-ring (bicyclic) bond motifs is 1. The molecule has 1 saturated heterocycles. The summed E-state index contributed by atoms with van der Waals surface area (Å²) in [5.74, 6) is 0.455. The van der Waals surface area contributed by atoms with Crippen LogP contribution in [0.3, 0.4) is 0 Å². The van der Waals surface area contributed by atoms with Gasteiger partial charge in [0.2, 0.25) is 0 Å². The molecule has 1 aromatic carbocycles. The summed E-state index contributed by atoms with van der Waals surface area (Å²) in [5, 5.41) is 1.02. The second-order valence-corrected chi connectivity index (χ2v) is 6.87. The van der Waals surface area contributed by atoms with Gasteiger partial charge in [0.15, 0.2) is 5.76 Å². The van der Waals surface area contributed by atoms with E-state index in [9.17, 15) is 4.79 Å². The smallest absolute Gasteiger partial charge is 0.292 e. The Labute approximate surface area is 136 Å². The molecule has 2 aliphatic rings. The Bertz CT molecular complexity index is 755. The van der Waals surface area contributed by atoms with Crippen LogP contribution in [0.5, 0.6) is 0 Å². The molecule has 1 saturated carbocycles. The lowest BCUT2D eigenvalue weighted by Crippen LogP contribution is -2.49. The quantitative estimate of drug-likeness (QED) is 0.793. The first-order chi connectivity index (χ1) is 11.1. The van der Waals surface area contributed by atoms with Gasteiger partial charge in [0.1, 0.15) is 11.3 Å². The average molecular weight is 313 g/mol. The Kier molecular flexibility index (Phi) is 3.45. The van der Waals surface area contributed by atoms with Crippen LogP contribution in [0.1, 0.15) is 53.8 Å².